The first-order valence-corrected chi connectivity index (χ1v) is 7.18. The van der Waals surface area contributed by atoms with E-state index in [0.717, 1.165) is 19.0 Å². The summed E-state index contributed by atoms with van der Waals surface area (Å²) in [5.74, 6) is 0. The number of aromatic nitrogens is 1. The second-order valence-corrected chi connectivity index (χ2v) is 5.45. The smallest absolute Gasteiger partial charge is 0.0483 e. The third-order valence-corrected chi connectivity index (χ3v) is 4.19. The molecule has 1 aromatic heterocycles. The highest BCUT2D eigenvalue weighted by Gasteiger charge is 2.16. The van der Waals surface area contributed by atoms with Crippen LogP contribution < -0.4 is 5.73 Å². The summed E-state index contributed by atoms with van der Waals surface area (Å²) in [6.07, 6.45) is 10.1. The van der Waals surface area contributed by atoms with Gasteiger partial charge < -0.3 is 10.3 Å². The molecule has 0 bridgehead atoms. The molecule has 18 heavy (non-hydrogen) atoms. The van der Waals surface area contributed by atoms with Crippen LogP contribution in [0.3, 0.4) is 0 Å². The van der Waals surface area contributed by atoms with Gasteiger partial charge in [-0.05, 0) is 55.0 Å². The average molecular weight is 242 g/mol. The van der Waals surface area contributed by atoms with E-state index in [0.29, 0.717) is 0 Å². The van der Waals surface area contributed by atoms with Crippen molar-refractivity contribution in [2.45, 2.75) is 44.6 Å². The topological polar surface area (TPSA) is 30.9 Å². The quantitative estimate of drug-likeness (QED) is 0.875. The lowest BCUT2D eigenvalue weighted by molar-refractivity contribution is 0.361. The van der Waals surface area contributed by atoms with Crippen LogP contribution in [0.2, 0.25) is 0 Å². The summed E-state index contributed by atoms with van der Waals surface area (Å²) in [6, 6.07) is 9.77. The third-order valence-electron chi connectivity index (χ3n) is 4.19. The zero-order valence-electron chi connectivity index (χ0n) is 10.9. The molecule has 3 rings (SSSR count). The van der Waals surface area contributed by atoms with Crippen LogP contribution in [0.15, 0.2) is 30.5 Å². The molecule has 1 aliphatic carbocycles. The van der Waals surface area contributed by atoms with Crippen molar-refractivity contribution in [3.05, 3.63) is 36.0 Å². The highest BCUT2D eigenvalue weighted by molar-refractivity contribution is 5.81. The predicted octanol–water partition coefficient (Wildman–Crippen LogP) is 3.65. The van der Waals surface area contributed by atoms with E-state index in [9.17, 15) is 0 Å². The summed E-state index contributed by atoms with van der Waals surface area (Å²) in [6.45, 7) is 0.731. The van der Waals surface area contributed by atoms with Crippen molar-refractivity contribution >= 4 is 10.9 Å². The number of hydrogen-bond donors (Lipinski definition) is 1. The van der Waals surface area contributed by atoms with Gasteiger partial charge in [-0.1, -0.05) is 25.3 Å². The molecule has 0 aliphatic heterocycles. The van der Waals surface area contributed by atoms with E-state index in [-0.39, 0.29) is 0 Å². The highest BCUT2D eigenvalue weighted by Crippen LogP contribution is 2.31. The molecule has 2 aromatic rings. The minimum atomic E-state index is 0.719. The Hall–Kier alpha value is -1.28. The second-order valence-electron chi connectivity index (χ2n) is 5.45. The maximum atomic E-state index is 5.62. The molecule has 0 amide bonds. The Bertz CT molecular complexity index is 521. The van der Waals surface area contributed by atoms with Crippen molar-refractivity contribution in [3.8, 4) is 0 Å². The Labute approximate surface area is 109 Å². The van der Waals surface area contributed by atoms with Crippen molar-refractivity contribution in [1.82, 2.24) is 4.57 Å². The molecule has 2 nitrogen and oxygen atoms in total. The van der Waals surface area contributed by atoms with E-state index < -0.39 is 0 Å². The molecule has 0 saturated heterocycles. The summed E-state index contributed by atoms with van der Waals surface area (Å²) < 4.78 is 2.49. The van der Waals surface area contributed by atoms with Crippen LogP contribution in [-0.2, 0) is 6.42 Å². The maximum Gasteiger partial charge on any atom is 0.0483 e. The first-order valence-electron chi connectivity index (χ1n) is 7.18. The van der Waals surface area contributed by atoms with Gasteiger partial charge in [0.05, 0.1) is 0 Å². The summed E-state index contributed by atoms with van der Waals surface area (Å²) >= 11 is 0. The number of rotatable bonds is 3. The Morgan fingerprint density at radius 1 is 1.11 bits per heavy atom. The van der Waals surface area contributed by atoms with Gasteiger partial charge in [0, 0.05) is 17.8 Å². The minimum absolute atomic E-state index is 0.719. The van der Waals surface area contributed by atoms with E-state index in [1.807, 2.05) is 0 Å². The van der Waals surface area contributed by atoms with Gasteiger partial charge in [0.2, 0.25) is 0 Å². The van der Waals surface area contributed by atoms with Gasteiger partial charge in [0.1, 0.15) is 0 Å². The number of fused-ring (bicyclic) bond motifs is 1. The second kappa shape index (κ2) is 5.15. The fourth-order valence-electron chi connectivity index (χ4n) is 3.21. The summed E-state index contributed by atoms with van der Waals surface area (Å²) in [5, 5.41) is 1.37. The van der Waals surface area contributed by atoms with E-state index in [4.69, 9.17) is 5.73 Å². The third kappa shape index (κ3) is 2.17. The van der Waals surface area contributed by atoms with Crippen molar-refractivity contribution in [2.24, 2.45) is 5.73 Å². The molecular weight excluding hydrogens is 220 g/mol. The molecule has 0 unspecified atom stereocenters. The van der Waals surface area contributed by atoms with Crippen molar-refractivity contribution < 1.29 is 0 Å². The van der Waals surface area contributed by atoms with Crippen LogP contribution in [0.25, 0.3) is 10.9 Å². The molecule has 1 aromatic carbocycles. The average Bonchev–Trinajstić information content (AvgIpc) is 2.83. The number of hydrogen-bond acceptors (Lipinski definition) is 1. The number of benzene rings is 1. The van der Waals surface area contributed by atoms with Gasteiger partial charge in [-0.2, -0.15) is 0 Å². The Morgan fingerprint density at radius 2 is 1.94 bits per heavy atom. The standard InChI is InChI=1S/C16H22N2/c17-10-8-13-6-7-16-14(12-13)9-11-18(16)15-4-2-1-3-5-15/h6-7,9,11-12,15H,1-5,8,10,17H2. The van der Waals surface area contributed by atoms with Crippen LogP contribution in [-0.4, -0.2) is 11.1 Å². The molecule has 1 aliphatic rings. The highest BCUT2D eigenvalue weighted by atomic mass is 15.0. The zero-order chi connectivity index (χ0) is 12.4. The van der Waals surface area contributed by atoms with Crippen LogP contribution in [0.5, 0.6) is 0 Å². The summed E-state index contributed by atoms with van der Waals surface area (Å²) in [4.78, 5) is 0. The molecular formula is C16H22N2. The van der Waals surface area contributed by atoms with E-state index in [1.54, 1.807) is 0 Å². The lowest BCUT2D eigenvalue weighted by Gasteiger charge is -2.24. The van der Waals surface area contributed by atoms with Crippen LogP contribution in [0.4, 0.5) is 0 Å². The summed E-state index contributed by atoms with van der Waals surface area (Å²) in [7, 11) is 0. The maximum absolute atomic E-state index is 5.62. The molecule has 2 N–H and O–H groups in total. The van der Waals surface area contributed by atoms with Crippen LogP contribution in [0.1, 0.15) is 43.7 Å². The fourth-order valence-corrected chi connectivity index (χ4v) is 3.21. The number of nitrogens with two attached hydrogens (primary N) is 1. The van der Waals surface area contributed by atoms with E-state index in [2.05, 4.69) is 35.0 Å². The van der Waals surface area contributed by atoms with E-state index >= 15 is 0 Å². The summed E-state index contributed by atoms with van der Waals surface area (Å²) in [5.41, 5.74) is 8.37. The molecule has 0 radical (unpaired) electrons. The molecule has 1 heterocycles. The van der Waals surface area contributed by atoms with Gasteiger partial charge in [0.25, 0.3) is 0 Å². The van der Waals surface area contributed by atoms with Crippen molar-refractivity contribution in [1.29, 1.82) is 0 Å². The van der Waals surface area contributed by atoms with Gasteiger partial charge in [-0.25, -0.2) is 0 Å². The SMILES string of the molecule is NCCc1ccc2c(ccn2C2CCCCC2)c1. The number of nitrogens with zero attached hydrogens (tertiary/aromatic N) is 1. The molecule has 1 saturated carbocycles. The Kier molecular flexibility index (Phi) is 3.37. The lowest BCUT2D eigenvalue weighted by Crippen LogP contribution is -2.11. The molecule has 96 valence electrons. The van der Waals surface area contributed by atoms with Gasteiger partial charge in [0.15, 0.2) is 0 Å². The minimum Gasteiger partial charge on any atom is -0.344 e. The zero-order valence-corrected chi connectivity index (χ0v) is 10.9. The molecule has 0 spiro atoms. The first-order chi connectivity index (χ1) is 8.88. The monoisotopic (exact) mass is 242 g/mol. The van der Waals surface area contributed by atoms with Gasteiger partial charge >= 0.3 is 0 Å². The largest absolute Gasteiger partial charge is 0.344 e. The normalized spacial score (nSPS) is 17.4. The van der Waals surface area contributed by atoms with Crippen molar-refractivity contribution in [3.63, 3.8) is 0 Å². The van der Waals surface area contributed by atoms with Gasteiger partial charge in [-0.3, -0.25) is 0 Å². The van der Waals surface area contributed by atoms with Crippen molar-refractivity contribution in [2.75, 3.05) is 6.54 Å². The molecule has 0 atom stereocenters. The Morgan fingerprint density at radius 3 is 2.72 bits per heavy atom. The fraction of sp³-hybridized carbons (Fsp3) is 0.500. The Balaban J connectivity index is 1.93. The first kappa shape index (κ1) is 11.8. The molecule has 1 fully saturated rings. The van der Waals surface area contributed by atoms with Crippen LogP contribution >= 0.6 is 0 Å². The lowest BCUT2D eigenvalue weighted by atomic mass is 9.95. The van der Waals surface area contributed by atoms with Crippen LogP contribution in [0, 0.1) is 0 Å². The van der Waals surface area contributed by atoms with Gasteiger partial charge in [-0.15, -0.1) is 0 Å². The predicted molar refractivity (Wildman–Crippen MR) is 76.8 cm³/mol. The van der Waals surface area contributed by atoms with E-state index in [1.165, 1.54) is 48.6 Å². The molecule has 2 heteroatoms.